The average Bonchev–Trinajstić information content (AvgIpc) is 1.41. The third kappa shape index (κ3) is 4.91. The maximum atomic E-state index is 3.30. The van der Waals surface area contributed by atoms with Crippen molar-refractivity contribution in [2.24, 2.45) is 0 Å². The van der Waals surface area contributed by atoms with E-state index in [1.54, 1.807) is 0 Å². The van der Waals surface area contributed by atoms with Crippen LogP contribution in [-0.4, -0.2) is 11.5 Å². The minimum atomic E-state index is 1.14. The molecule has 5 heavy (non-hydrogen) atoms. The molecule has 0 aromatic heterocycles. The summed E-state index contributed by atoms with van der Waals surface area (Å²) in [6, 6.07) is 0. The van der Waals surface area contributed by atoms with E-state index in [1.807, 2.05) is 0 Å². The van der Waals surface area contributed by atoms with Crippen LogP contribution in [-0.2, 0) is 0 Å². The van der Waals surface area contributed by atoms with Crippen molar-refractivity contribution < 1.29 is 0 Å². The van der Waals surface area contributed by atoms with Crippen LogP contribution in [0.2, 0.25) is 0 Å². The highest BCUT2D eigenvalue weighted by atomic mass is 79.9. The molecule has 0 nitrogen and oxygen atoms in total. The van der Waals surface area contributed by atoms with E-state index in [2.05, 4.69) is 25.2 Å². The molecular weight excluding hydrogens is 147 g/mol. The van der Waals surface area contributed by atoms with Gasteiger partial charge in [0.2, 0.25) is 0 Å². The Labute approximate surface area is 43.7 Å². The van der Waals surface area contributed by atoms with Gasteiger partial charge < -0.3 is 0 Å². The first-order valence-corrected chi connectivity index (χ1v) is 3.61. The molecule has 0 saturated carbocycles. The van der Waals surface area contributed by atoms with E-state index in [1.165, 1.54) is 12.6 Å². The number of alkyl halides is 1. The summed E-state index contributed by atoms with van der Waals surface area (Å²) in [5.74, 6) is 0. The molecule has 32 valence electrons. The molecule has 0 aliphatic carbocycles. The van der Waals surface area contributed by atoms with Gasteiger partial charge in [0.1, 0.15) is 0 Å². The van der Waals surface area contributed by atoms with Crippen LogP contribution in [0.15, 0.2) is 0 Å². The molecule has 0 radical (unpaired) electrons. The Bertz CT molecular complexity index is 14.4. The van der Waals surface area contributed by atoms with Gasteiger partial charge in [-0.25, -0.2) is 0 Å². The van der Waals surface area contributed by atoms with Gasteiger partial charge in [0.15, 0.2) is 0 Å². The first-order chi connectivity index (χ1) is 2.41. The van der Waals surface area contributed by atoms with Crippen LogP contribution in [0.4, 0.5) is 0 Å². The first-order valence-electron chi connectivity index (χ1n) is 1.68. The zero-order valence-corrected chi connectivity index (χ0v) is 5.82. The molecule has 0 heterocycles. The SMILES string of the molecule is PCCCBr. The van der Waals surface area contributed by atoms with Crippen LogP contribution in [0, 0.1) is 0 Å². The Morgan fingerprint density at radius 2 is 2.20 bits per heavy atom. The molecule has 1 atom stereocenters. The zero-order chi connectivity index (χ0) is 4.12. The fourth-order valence-electron chi connectivity index (χ4n) is 0.0772. The Hall–Kier alpha value is 0.910. The Morgan fingerprint density at radius 1 is 1.60 bits per heavy atom. The largest absolute Gasteiger partial charge is 0.138 e. The quantitative estimate of drug-likeness (QED) is 0.420. The molecule has 1 unspecified atom stereocenters. The zero-order valence-electron chi connectivity index (χ0n) is 3.08. The van der Waals surface area contributed by atoms with Crippen molar-refractivity contribution in [2.45, 2.75) is 6.42 Å². The number of hydrogen-bond donors (Lipinski definition) is 0. The molecule has 0 aliphatic rings. The van der Waals surface area contributed by atoms with Crippen molar-refractivity contribution in [1.29, 1.82) is 0 Å². The summed E-state index contributed by atoms with van der Waals surface area (Å²) in [5.41, 5.74) is 0. The van der Waals surface area contributed by atoms with Gasteiger partial charge in [-0.3, -0.25) is 0 Å². The maximum absolute atomic E-state index is 3.30. The van der Waals surface area contributed by atoms with Crippen molar-refractivity contribution in [2.75, 3.05) is 11.5 Å². The average molecular weight is 155 g/mol. The standard InChI is InChI=1S/C3H8BrP/c4-2-1-3-5/h1-3,5H2. The van der Waals surface area contributed by atoms with Gasteiger partial charge in [0.05, 0.1) is 0 Å². The molecule has 0 spiro atoms. The normalized spacial score (nSPS) is 8.40. The Kier molecular flexibility index (Phi) is 5.80. The highest BCUT2D eigenvalue weighted by molar-refractivity contribution is 9.09. The van der Waals surface area contributed by atoms with Crippen molar-refractivity contribution in [3.63, 3.8) is 0 Å². The van der Waals surface area contributed by atoms with Crippen molar-refractivity contribution >= 4 is 25.2 Å². The fraction of sp³-hybridized carbons (Fsp3) is 1.00. The van der Waals surface area contributed by atoms with Crippen LogP contribution in [0.5, 0.6) is 0 Å². The molecule has 0 aromatic rings. The second-order valence-electron chi connectivity index (χ2n) is 0.831. The summed E-state index contributed by atoms with van der Waals surface area (Å²) in [6.45, 7) is 0. The lowest BCUT2D eigenvalue weighted by Crippen LogP contribution is -1.69. The Balaban J connectivity index is 2.19. The van der Waals surface area contributed by atoms with Gasteiger partial charge in [-0.2, -0.15) is 0 Å². The van der Waals surface area contributed by atoms with Crippen LogP contribution >= 0.6 is 25.2 Å². The lowest BCUT2D eigenvalue weighted by Gasteiger charge is -1.77. The Morgan fingerprint density at radius 3 is 2.20 bits per heavy atom. The molecule has 0 amide bonds. The molecule has 0 aromatic carbocycles. The van der Waals surface area contributed by atoms with Gasteiger partial charge in [-0.15, -0.1) is 9.24 Å². The summed E-state index contributed by atoms with van der Waals surface area (Å²) in [4.78, 5) is 0. The van der Waals surface area contributed by atoms with E-state index in [0.29, 0.717) is 0 Å². The monoisotopic (exact) mass is 154 g/mol. The highest BCUT2D eigenvalue weighted by Crippen LogP contribution is 1.90. The van der Waals surface area contributed by atoms with Crippen LogP contribution in [0.25, 0.3) is 0 Å². The van der Waals surface area contributed by atoms with E-state index in [-0.39, 0.29) is 0 Å². The third-order valence-corrected chi connectivity index (χ3v) is 1.31. The van der Waals surface area contributed by atoms with E-state index < -0.39 is 0 Å². The number of hydrogen-bond acceptors (Lipinski definition) is 0. The number of rotatable bonds is 2. The summed E-state index contributed by atoms with van der Waals surface area (Å²) >= 11 is 3.30. The lowest BCUT2D eigenvalue weighted by molar-refractivity contribution is 1.14. The molecule has 0 fully saturated rings. The molecular formula is C3H8BrP. The van der Waals surface area contributed by atoms with Gasteiger partial charge in [-0.1, -0.05) is 15.9 Å². The molecule has 0 N–H and O–H groups in total. The van der Waals surface area contributed by atoms with Crippen LogP contribution in [0.3, 0.4) is 0 Å². The topological polar surface area (TPSA) is 0 Å². The molecule has 0 rings (SSSR count). The van der Waals surface area contributed by atoms with E-state index in [9.17, 15) is 0 Å². The van der Waals surface area contributed by atoms with Gasteiger partial charge in [0.25, 0.3) is 0 Å². The predicted octanol–water partition coefficient (Wildman–Crippen LogP) is 1.65. The van der Waals surface area contributed by atoms with Gasteiger partial charge >= 0.3 is 0 Å². The summed E-state index contributed by atoms with van der Waals surface area (Å²) in [7, 11) is 2.67. The van der Waals surface area contributed by atoms with E-state index >= 15 is 0 Å². The lowest BCUT2D eigenvalue weighted by atomic mass is 10.6. The first kappa shape index (κ1) is 5.91. The van der Waals surface area contributed by atoms with Crippen LogP contribution < -0.4 is 0 Å². The second-order valence-corrected chi connectivity index (χ2v) is 2.20. The minimum absolute atomic E-state index is 1.14. The summed E-state index contributed by atoms with van der Waals surface area (Å²) in [6.07, 6.45) is 2.48. The molecule has 2 heteroatoms. The van der Waals surface area contributed by atoms with Crippen molar-refractivity contribution in [1.82, 2.24) is 0 Å². The molecule has 0 bridgehead atoms. The third-order valence-electron chi connectivity index (χ3n) is 0.338. The van der Waals surface area contributed by atoms with E-state index in [0.717, 1.165) is 5.33 Å². The van der Waals surface area contributed by atoms with Crippen LogP contribution in [0.1, 0.15) is 6.42 Å². The fourth-order valence-corrected chi connectivity index (χ4v) is 1.20. The molecule has 0 saturated heterocycles. The number of halogens is 1. The molecule has 0 aliphatic heterocycles. The summed E-state index contributed by atoms with van der Waals surface area (Å²) in [5, 5.41) is 1.14. The summed E-state index contributed by atoms with van der Waals surface area (Å²) < 4.78 is 0. The van der Waals surface area contributed by atoms with Gasteiger partial charge in [-0.05, 0) is 12.6 Å². The van der Waals surface area contributed by atoms with Crippen molar-refractivity contribution in [3.05, 3.63) is 0 Å². The minimum Gasteiger partial charge on any atom is -0.138 e. The van der Waals surface area contributed by atoms with E-state index in [4.69, 9.17) is 0 Å². The van der Waals surface area contributed by atoms with Crippen molar-refractivity contribution in [3.8, 4) is 0 Å². The highest BCUT2D eigenvalue weighted by Gasteiger charge is 1.69. The second kappa shape index (κ2) is 4.91. The predicted molar refractivity (Wildman–Crippen MR) is 33.0 cm³/mol. The maximum Gasteiger partial charge on any atom is 0.00344 e. The van der Waals surface area contributed by atoms with Gasteiger partial charge in [0, 0.05) is 5.33 Å². The smallest absolute Gasteiger partial charge is 0.00344 e.